The minimum atomic E-state index is -0.943. The molecule has 6 nitrogen and oxygen atoms in total. The Morgan fingerprint density at radius 3 is 2.56 bits per heavy atom. The van der Waals surface area contributed by atoms with E-state index in [2.05, 4.69) is 10.3 Å². The number of nitrogens with two attached hydrogens (primary N) is 1. The van der Waals surface area contributed by atoms with E-state index in [4.69, 9.17) is 10.8 Å². The highest BCUT2D eigenvalue weighted by molar-refractivity contribution is 5.94. The molecule has 1 atom stereocenters. The number of nitrogens with zero attached hydrogens (tertiary/aromatic N) is 1. The van der Waals surface area contributed by atoms with Crippen molar-refractivity contribution in [1.29, 1.82) is 0 Å². The predicted molar refractivity (Wildman–Crippen MR) is 67.0 cm³/mol. The van der Waals surface area contributed by atoms with E-state index < -0.39 is 12.0 Å². The van der Waals surface area contributed by atoms with Crippen LogP contribution < -0.4 is 11.1 Å². The van der Waals surface area contributed by atoms with Crippen molar-refractivity contribution in [3.05, 3.63) is 24.0 Å². The van der Waals surface area contributed by atoms with E-state index in [1.54, 1.807) is 12.1 Å². The number of carbonyl (C=O) groups excluding carboxylic acids is 1. The van der Waals surface area contributed by atoms with Crippen LogP contribution in [0.1, 0.15) is 19.5 Å². The number of aromatic nitrogens is 1. The van der Waals surface area contributed by atoms with Gasteiger partial charge in [-0.15, -0.1) is 0 Å². The summed E-state index contributed by atoms with van der Waals surface area (Å²) in [5, 5.41) is 11.2. The molecule has 0 bridgehead atoms. The van der Waals surface area contributed by atoms with E-state index in [9.17, 15) is 9.59 Å². The van der Waals surface area contributed by atoms with Crippen LogP contribution in [-0.2, 0) is 16.0 Å². The Morgan fingerprint density at radius 1 is 1.44 bits per heavy atom. The number of amides is 1. The molecule has 0 aliphatic rings. The van der Waals surface area contributed by atoms with Crippen LogP contribution in [0, 0.1) is 5.92 Å². The summed E-state index contributed by atoms with van der Waals surface area (Å²) < 4.78 is 0. The van der Waals surface area contributed by atoms with Gasteiger partial charge >= 0.3 is 5.97 Å². The minimum Gasteiger partial charge on any atom is -0.481 e. The van der Waals surface area contributed by atoms with Crippen molar-refractivity contribution in [2.24, 2.45) is 11.7 Å². The van der Waals surface area contributed by atoms with Crippen molar-refractivity contribution < 1.29 is 14.7 Å². The van der Waals surface area contributed by atoms with Crippen molar-refractivity contribution >= 4 is 17.6 Å². The highest BCUT2D eigenvalue weighted by Gasteiger charge is 2.17. The molecule has 0 fully saturated rings. The number of carboxylic acid groups (broad SMARTS) is 1. The van der Waals surface area contributed by atoms with Gasteiger partial charge in [0.05, 0.1) is 30.0 Å². The second-order valence-corrected chi connectivity index (χ2v) is 4.37. The normalized spacial score (nSPS) is 12.2. The molecule has 1 amide bonds. The number of carboxylic acids is 1. The third-order valence-corrected chi connectivity index (χ3v) is 2.45. The lowest BCUT2D eigenvalue weighted by atomic mass is 10.1. The molecule has 0 spiro atoms. The first kappa shape index (κ1) is 14.1. The fourth-order valence-electron chi connectivity index (χ4n) is 1.29. The molecule has 98 valence electrons. The summed E-state index contributed by atoms with van der Waals surface area (Å²) >= 11 is 0. The van der Waals surface area contributed by atoms with Gasteiger partial charge in [-0.25, -0.2) is 0 Å². The molecule has 0 unspecified atom stereocenters. The first-order valence-electron chi connectivity index (χ1n) is 5.63. The molecule has 6 heteroatoms. The SMILES string of the molecule is CC(C)[C@@H](N)C(=O)Nc1ccc(CC(=O)O)nc1. The van der Waals surface area contributed by atoms with Crippen LogP contribution in [0.4, 0.5) is 5.69 Å². The summed E-state index contributed by atoms with van der Waals surface area (Å²) in [7, 11) is 0. The average molecular weight is 251 g/mol. The van der Waals surface area contributed by atoms with Crippen LogP contribution in [0.5, 0.6) is 0 Å². The van der Waals surface area contributed by atoms with Crippen LogP contribution in [0.25, 0.3) is 0 Å². The van der Waals surface area contributed by atoms with Crippen molar-refractivity contribution in [3.63, 3.8) is 0 Å². The number of carbonyl (C=O) groups is 2. The van der Waals surface area contributed by atoms with E-state index in [0.29, 0.717) is 11.4 Å². The quantitative estimate of drug-likeness (QED) is 0.711. The van der Waals surface area contributed by atoms with E-state index in [1.165, 1.54) is 6.20 Å². The summed E-state index contributed by atoms with van der Waals surface area (Å²) in [6, 6.07) is 2.59. The zero-order valence-electron chi connectivity index (χ0n) is 10.4. The average Bonchev–Trinajstić information content (AvgIpc) is 2.29. The Bertz CT molecular complexity index is 429. The van der Waals surface area contributed by atoms with Gasteiger partial charge < -0.3 is 16.2 Å². The molecule has 18 heavy (non-hydrogen) atoms. The first-order chi connectivity index (χ1) is 8.40. The van der Waals surface area contributed by atoms with Gasteiger partial charge in [-0.05, 0) is 18.1 Å². The van der Waals surface area contributed by atoms with Gasteiger partial charge in [-0.1, -0.05) is 13.8 Å². The summed E-state index contributed by atoms with van der Waals surface area (Å²) in [6.07, 6.45) is 1.28. The lowest BCUT2D eigenvalue weighted by Gasteiger charge is -2.15. The van der Waals surface area contributed by atoms with Crippen LogP contribution in [-0.4, -0.2) is 28.0 Å². The summed E-state index contributed by atoms with van der Waals surface area (Å²) in [6.45, 7) is 3.72. The fourth-order valence-corrected chi connectivity index (χ4v) is 1.29. The molecule has 0 radical (unpaired) electrons. The summed E-state index contributed by atoms with van der Waals surface area (Å²) in [5.74, 6) is -1.18. The molecule has 0 aromatic carbocycles. The Morgan fingerprint density at radius 2 is 2.11 bits per heavy atom. The van der Waals surface area contributed by atoms with Crippen LogP contribution in [0.3, 0.4) is 0 Å². The molecule has 1 aromatic rings. The predicted octanol–water partition coefficient (Wildman–Crippen LogP) is 0.630. The second-order valence-electron chi connectivity index (χ2n) is 4.37. The van der Waals surface area contributed by atoms with E-state index in [1.807, 2.05) is 13.8 Å². The summed E-state index contributed by atoms with van der Waals surface area (Å²) in [4.78, 5) is 26.1. The van der Waals surface area contributed by atoms with Crippen LogP contribution in [0.15, 0.2) is 18.3 Å². The topological polar surface area (TPSA) is 105 Å². The standard InChI is InChI=1S/C12H17N3O3/c1-7(2)11(13)12(18)15-9-4-3-8(14-6-9)5-10(16)17/h3-4,6-7,11H,5,13H2,1-2H3,(H,15,18)(H,16,17)/t11-/m1/s1. The largest absolute Gasteiger partial charge is 0.481 e. The van der Waals surface area contributed by atoms with Crippen molar-refractivity contribution in [3.8, 4) is 0 Å². The zero-order chi connectivity index (χ0) is 13.7. The minimum absolute atomic E-state index is 0.0456. The Kier molecular flexibility index (Phi) is 4.79. The van der Waals surface area contributed by atoms with Gasteiger partial charge in [0.15, 0.2) is 0 Å². The number of nitrogens with one attached hydrogen (secondary N) is 1. The number of hydrogen-bond donors (Lipinski definition) is 3. The van der Waals surface area contributed by atoms with Crippen molar-refractivity contribution in [2.75, 3.05) is 5.32 Å². The molecule has 0 saturated heterocycles. The van der Waals surface area contributed by atoms with Gasteiger partial charge in [-0.3, -0.25) is 14.6 Å². The number of hydrogen-bond acceptors (Lipinski definition) is 4. The Balaban J connectivity index is 2.63. The zero-order valence-corrected chi connectivity index (χ0v) is 10.4. The fraction of sp³-hybridized carbons (Fsp3) is 0.417. The Labute approximate surface area is 105 Å². The molecule has 0 saturated carbocycles. The van der Waals surface area contributed by atoms with Gasteiger partial charge in [0.1, 0.15) is 0 Å². The van der Waals surface area contributed by atoms with Gasteiger partial charge in [0, 0.05) is 0 Å². The molecule has 1 heterocycles. The number of aliphatic carboxylic acids is 1. The van der Waals surface area contributed by atoms with E-state index in [-0.39, 0.29) is 18.2 Å². The van der Waals surface area contributed by atoms with Gasteiger partial charge in [-0.2, -0.15) is 0 Å². The van der Waals surface area contributed by atoms with Gasteiger partial charge in [0.2, 0.25) is 5.91 Å². The molecule has 4 N–H and O–H groups in total. The first-order valence-corrected chi connectivity index (χ1v) is 5.63. The second kappa shape index (κ2) is 6.11. The smallest absolute Gasteiger partial charge is 0.309 e. The third kappa shape index (κ3) is 4.14. The highest BCUT2D eigenvalue weighted by Crippen LogP contribution is 2.08. The maximum absolute atomic E-state index is 11.7. The monoisotopic (exact) mass is 251 g/mol. The molecule has 0 aliphatic heterocycles. The van der Waals surface area contributed by atoms with E-state index in [0.717, 1.165) is 0 Å². The Hall–Kier alpha value is -1.95. The van der Waals surface area contributed by atoms with Crippen molar-refractivity contribution in [2.45, 2.75) is 26.3 Å². The molecule has 1 rings (SSSR count). The number of pyridine rings is 1. The maximum atomic E-state index is 11.7. The van der Waals surface area contributed by atoms with Crippen molar-refractivity contribution in [1.82, 2.24) is 4.98 Å². The number of anilines is 1. The number of rotatable bonds is 5. The molecular weight excluding hydrogens is 234 g/mol. The molecular formula is C12H17N3O3. The third-order valence-electron chi connectivity index (χ3n) is 2.45. The lowest BCUT2D eigenvalue weighted by molar-refractivity contribution is -0.136. The van der Waals surface area contributed by atoms with E-state index >= 15 is 0 Å². The summed E-state index contributed by atoms with van der Waals surface area (Å²) in [5.41, 5.74) is 6.64. The van der Waals surface area contributed by atoms with Gasteiger partial charge in [0.25, 0.3) is 0 Å². The van der Waals surface area contributed by atoms with Crippen LogP contribution >= 0.6 is 0 Å². The van der Waals surface area contributed by atoms with Crippen LogP contribution in [0.2, 0.25) is 0 Å². The highest BCUT2D eigenvalue weighted by atomic mass is 16.4. The molecule has 1 aromatic heterocycles. The lowest BCUT2D eigenvalue weighted by Crippen LogP contribution is -2.39. The maximum Gasteiger partial charge on any atom is 0.309 e. The molecule has 0 aliphatic carbocycles.